The smallest absolute Gasteiger partial charge is 0.326 e. The summed E-state index contributed by atoms with van der Waals surface area (Å²) in [5.41, 5.74) is 5.07. The summed E-state index contributed by atoms with van der Waals surface area (Å²) in [6.45, 7) is 6.79. The van der Waals surface area contributed by atoms with Gasteiger partial charge in [0.15, 0.2) is 0 Å². The molecule has 4 aliphatic carbocycles. The van der Waals surface area contributed by atoms with Crippen LogP contribution in [0.1, 0.15) is 91.4 Å². The van der Waals surface area contributed by atoms with Crippen molar-refractivity contribution in [3.05, 3.63) is 0 Å². The predicted molar refractivity (Wildman–Crippen MR) is 140 cm³/mol. The number of hydrogen-bond acceptors (Lipinski definition) is 6. The van der Waals surface area contributed by atoms with Gasteiger partial charge in [-0.15, -0.1) is 0 Å². The van der Waals surface area contributed by atoms with Crippen LogP contribution in [0.2, 0.25) is 0 Å². The van der Waals surface area contributed by atoms with E-state index in [1.807, 2.05) is 0 Å². The second-order valence-corrected chi connectivity index (χ2v) is 13.5. The molecule has 0 aromatic carbocycles. The fourth-order valence-electron chi connectivity index (χ4n) is 9.58. The van der Waals surface area contributed by atoms with Crippen molar-refractivity contribution < 1.29 is 34.8 Å². The Labute approximate surface area is 225 Å². The van der Waals surface area contributed by atoms with E-state index >= 15 is 0 Å². The van der Waals surface area contributed by atoms with Gasteiger partial charge in [0.25, 0.3) is 0 Å². The lowest BCUT2D eigenvalue weighted by Crippen LogP contribution is -2.64. The Hall–Kier alpha value is -1.71. The zero-order valence-electron chi connectivity index (χ0n) is 23.1. The number of carbonyl (C=O) groups excluding carboxylic acids is 2. The number of aliphatic hydroxyl groups excluding tert-OH is 3. The predicted octanol–water partition coefficient (Wildman–Crippen LogP) is 2.20. The largest absolute Gasteiger partial charge is 0.480 e. The molecule has 0 bridgehead atoms. The molecule has 2 amide bonds. The van der Waals surface area contributed by atoms with Crippen LogP contribution in [0.4, 0.5) is 0 Å². The molecule has 4 rings (SSSR count). The van der Waals surface area contributed by atoms with Crippen LogP contribution in [0.3, 0.4) is 0 Å². The number of hydrogen-bond donors (Lipinski definition) is 6. The van der Waals surface area contributed by atoms with Crippen molar-refractivity contribution in [1.29, 1.82) is 0 Å². The van der Waals surface area contributed by atoms with E-state index in [0.29, 0.717) is 30.6 Å². The lowest BCUT2D eigenvalue weighted by atomic mass is 9.43. The minimum Gasteiger partial charge on any atom is -0.480 e. The third-order valence-corrected chi connectivity index (χ3v) is 11.6. The van der Waals surface area contributed by atoms with Crippen molar-refractivity contribution in [3.8, 4) is 0 Å². The third-order valence-electron chi connectivity index (χ3n) is 11.6. The van der Waals surface area contributed by atoms with Gasteiger partial charge < -0.3 is 31.5 Å². The van der Waals surface area contributed by atoms with Crippen LogP contribution >= 0.6 is 0 Å². The summed E-state index contributed by atoms with van der Waals surface area (Å²) < 4.78 is 0. The van der Waals surface area contributed by atoms with E-state index in [0.717, 1.165) is 38.5 Å². The first-order chi connectivity index (χ1) is 17.8. The Balaban J connectivity index is 1.41. The van der Waals surface area contributed by atoms with Crippen LogP contribution in [-0.4, -0.2) is 62.6 Å². The lowest BCUT2D eigenvalue weighted by molar-refractivity contribution is -0.223. The van der Waals surface area contributed by atoms with Gasteiger partial charge in [-0.05, 0) is 104 Å². The van der Waals surface area contributed by atoms with Crippen molar-refractivity contribution in [2.75, 3.05) is 0 Å². The highest BCUT2D eigenvalue weighted by molar-refractivity contribution is 5.84. The van der Waals surface area contributed by atoms with Gasteiger partial charge in [0.05, 0.1) is 18.3 Å². The zero-order chi connectivity index (χ0) is 28.0. The molecule has 216 valence electrons. The molecule has 0 heterocycles. The maximum Gasteiger partial charge on any atom is 0.326 e. The summed E-state index contributed by atoms with van der Waals surface area (Å²) in [6, 6.07) is -1.13. The van der Waals surface area contributed by atoms with Gasteiger partial charge in [0, 0.05) is 12.8 Å². The van der Waals surface area contributed by atoms with Gasteiger partial charge in [-0.25, -0.2) is 4.79 Å². The topological polar surface area (TPSA) is 170 Å². The number of nitrogens with one attached hydrogen (secondary N) is 1. The number of nitrogens with two attached hydrogens (primary N) is 1. The molecule has 4 fully saturated rings. The molecule has 0 radical (unpaired) electrons. The monoisotopic (exact) mass is 536 g/mol. The molecular formula is C29H48N2O7. The maximum absolute atomic E-state index is 12.6. The standard InChI is InChI=1S/C29H48N2O7/c1-15(4-9-23(34)31-21(27(37)38)7-8-22(30)33)17-5-6-18-24-19(11-13-28(17,18)2)29(3)12-10-16(32)14-20(29)25(35)26(24)36/h15-21,24-26,32,35-36H,4-14H2,1-3H3,(H2,30,33)(H,31,34)(H,37,38)/t15-,16-,17-,18+,19+,20+,21+,24+,25+,26+,28-,29-/m1/s1. The van der Waals surface area contributed by atoms with E-state index in [4.69, 9.17) is 5.73 Å². The Morgan fingerprint density at radius 1 is 0.895 bits per heavy atom. The van der Waals surface area contributed by atoms with E-state index in [1.165, 1.54) is 0 Å². The Morgan fingerprint density at radius 2 is 1.55 bits per heavy atom. The van der Waals surface area contributed by atoms with Crippen molar-refractivity contribution in [2.45, 2.75) is 116 Å². The fraction of sp³-hybridized carbons (Fsp3) is 0.897. The second-order valence-electron chi connectivity index (χ2n) is 13.5. The maximum atomic E-state index is 12.6. The number of aliphatic hydroxyl groups is 3. The van der Waals surface area contributed by atoms with Crippen LogP contribution in [0, 0.1) is 46.3 Å². The van der Waals surface area contributed by atoms with Crippen LogP contribution in [0.5, 0.6) is 0 Å². The number of carbonyl (C=O) groups is 3. The molecule has 9 heteroatoms. The number of aliphatic carboxylic acids is 1. The SMILES string of the molecule is C[C@H](CCC(=O)N[C@@H](CCC(N)=O)C(=O)O)[C@H]1CC[C@H]2[C@@H]3[C@H](O)[C@@H](O)[C@@H]4C[C@H](O)CC[C@]4(C)[C@H]3CC[C@]12C. The van der Waals surface area contributed by atoms with E-state index in [2.05, 4.69) is 26.1 Å². The first-order valence-corrected chi connectivity index (χ1v) is 14.6. The molecule has 4 saturated carbocycles. The summed E-state index contributed by atoms with van der Waals surface area (Å²) in [5, 5.41) is 44.8. The van der Waals surface area contributed by atoms with Crippen LogP contribution < -0.4 is 11.1 Å². The van der Waals surface area contributed by atoms with Crippen molar-refractivity contribution in [2.24, 2.45) is 52.1 Å². The van der Waals surface area contributed by atoms with Crippen molar-refractivity contribution in [1.82, 2.24) is 5.32 Å². The molecule has 9 nitrogen and oxygen atoms in total. The molecule has 0 unspecified atom stereocenters. The van der Waals surface area contributed by atoms with Gasteiger partial charge in [0.1, 0.15) is 6.04 Å². The van der Waals surface area contributed by atoms with Gasteiger partial charge in [0.2, 0.25) is 11.8 Å². The van der Waals surface area contributed by atoms with Crippen molar-refractivity contribution in [3.63, 3.8) is 0 Å². The van der Waals surface area contributed by atoms with Crippen LogP contribution in [0.15, 0.2) is 0 Å². The average Bonchev–Trinajstić information content (AvgIpc) is 3.21. The van der Waals surface area contributed by atoms with Crippen LogP contribution in [0.25, 0.3) is 0 Å². The number of rotatable bonds is 9. The summed E-state index contributed by atoms with van der Waals surface area (Å²) in [7, 11) is 0. The van der Waals surface area contributed by atoms with Gasteiger partial charge in [-0.3, -0.25) is 9.59 Å². The molecule has 0 aromatic rings. The van der Waals surface area contributed by atoms with Gasteiger partial charge >= 0.3 is 5.97 Å². The van der Waals surface area contributed by atoms with E-state index in [9.17, 15) is 34.8 Å². The molecule has 12 atom stereocenters. The van der Waals surface area contributed by atoms with E-state index < -0.39 is 36.2 Å². The Bertz CT molecular complexity index is 913. The number of carboxylic acids is 1. The minimum absolute atomic E-state index is 0.0141. The molecular weight excluding hydrogens is 488 g/mol. The van der Waals surface area contributed by atoms with E-state index in [1.54, 1.807) is 0 Å². The normalized spacial score (nSPS) is 43.7. The van der Waals surface area contributed by atoms with Gasteiger partial charge in [-0.1, -0.05) is 20.8 Å². The van der Waals surface area contributed by atoms with Crippen molar-refractivity contribution >= 4 is 17.8 Å². The summed E-state index contributed by atoms with van der Waals surface area (Å²) in [4.78, 5) is 35.1. The Morgan fingerprint density at radius 3 is 2.21 bits per heavy atom. The quantitative estimate of drug-likeness (QED) is 0.262. The highest BCUT2D eigenvalue weighted by atomic mass is 16.4. The summed E-state index contributed by atoms with van der Waals surface area (Å²) >= 11 is 0. The van der Waals surface area contributed by atoms with Gasteiger partial charge in [-0.2, -0.15) is 0 Å². The first-order valence-electron chi connectivity index (χ1n) is 14.6. The number of primary amides is 1. The molecule has 0 saturated heterocycles. The van der Waals surface area contributed by atoms with E-state index in [-0.39, 0.29) is 53.8 Å². The molecule has 4 aliphatic rings. The number of carboxylic acid groups (broad SMARTS) is 1. The summed E-state index contributed by atoms with van der Waals surface area (Å²) in [5.74, 6) is -0.852. The number of fused-ring (bicyclic) bond motifs is 5. The Kier molecular flexibility index (Phi) is 8.51. The molecule has 0 aliphatic heterocycles. The molecule has 38 heavy (non-hydrogen) atoms. The fourth-order valence-corrected chi connectivity index (χ4v) is 9.58. The summed E-state index contributed by atoms with van der Waals surface area (Å²) in [6.07, 6.45) is 5.04. The highest BCUT2D eigenvalue weighted by Gasteiger charge is 2.65. The molecule has 0 aromatic heterocycles. The first kappa shape index (κ1) is 29.3. The number of amides is 2. The highest BCUT2D eigenvalue weighted by Crippen LogP contribution is 2.68. The lowest BCUT2D eigenvalue weighted by Gasteiger charge is -2.63. The molecule has 7 N–H and O–H groups in total. The minimum atomic E-state index is -1.17. The van der Waals surface area contributed by atoms with Crippen LogP contribution in [-0.2, 0) is 14.4 Å². The molecule has 0 spiro atoms. The third kappa shape index (κ3) is 5.22. The zero-order valence-corrected chi connectivity index (χ0v) is 23.1. The average molecular weight is 537 g/mol. The second kappa shape index (κ2) is 11.0.